The van der Waals surface area contributed by atoms with E-state index in [-0.39, 0.29) is 17.2 Å². The van der Waals surface area contributed by atoms with Crippen molar-refractivity contribution in [3.63, 3.8) is 0 Å². The third-order valence-electron chi connectivity index (χ3n) is 5.12. The summed E-state index contributed by atoms with van der Waals surface area (Å²) in [4.78, 5) is 29.9. The van der Waals surface area contributed by atoms with E-state index in [1.54, 1.807) is 24.3 Å². The molecule has 156 valence electrons. The summed E-state index contributed by atoms with van der Waals surface area (Å²) in [5.74, 6) is -1.00. The second kappa shape index (κ2) is 8.03. The lowest BCUT2D eigenvalue weighted by atomic mass is 9.97. The average Bonchev–Trinajstić information content (AvgIpc) is 3.44. The van der Waals surface area contributed by atoms with Crippen LogP contribution in [0.15, 0.2) is 78.3 Å². The van der Waals surface area contributed by atoms with Crippen molar-refractivity contribution >= 4 is 44.5 Å². The number of carbonyl (C=O) groups excluding carboxylic acids is 1. The van der Waals surface area contributed by atoms with Gasteiger partial charge in [-0.05, 0) is 29.3 Å². The molecule has 5 rings (SSSR count). The highest BCUT2D eigenvalue weighted by Gasteiger charge is 2.22. The molecule has 32 heavy (non-hydrogen) atoms. The van der Waals surface area contributed by atoms with Crippen LogP contribution in [0.3, 0.4) is 0 Å². The molecule has 0 unspecified atom stereocenters. The molecule has 0 aliphatic heterocycles. The van der Waals surface area contributed by atoms with E-state index in [1.165, 1.54) is 28.2 Å². The molecule has 0 aliphatic carbocycles. The third kappa shape index (κ3) is 3.47. The van der Waals surface area contributed by atoms with E-state index < -0.39 is 5.97 Å². The number of carboxylic acids is 1. The van der Waals surface area contributed by atoms with Gasteiger partial charge in [0.25, 0.3) is 0 Å². The summed E-state index contributed by atoms with van der Waals surface area (Å²) in [6.45, 7) is 0. The summed E-state index contributed by atoms with van der Waals surface area (Å²) in [6, 6.07) is 21.6. The highest BCUT2D eigenvalue weighted by molar-refractivity contribution is 7.21. The highest BCUT2D eigenvalue weighted by atomic mass is 32.1. The summed E-state index contributed by atoms with van der Waals surface area (Å²) in [6.07, 6.45) is 0. The van der Waals surface area contributed by atoms with Gasteiger partial charge in [0, 0.05) is 21.2 Å². The van der Waals surface area contributed by atoms with Crippen molar-refractivity contribution in [3.05, 3.63) is 94.4 Å². The number of phenolic OH excluding ortho intramolecular Hbond substituents is 1. The van der Waals surface area contributed by atoms with E-state index in [0.29, 0.717) is 15.3 Å². The predicted molar refractivity (Wildman–Crippen MR) is 127 cm³/mol. The van der Waals surface area contributed by atoms with Crippen molar-refractivity contribution in [2.24, 2.45) is 0 Å². The molecule has 0 aliphatic rings. The number of benzene rings is 3. The molecule has 0 saturated carbocycles. The molecule has 5 nitrogen and oxygen atoms in total. The van der Waals surface area contributed by atoms with E-state index in [4.69, 9.17) is 0 Å². The number of nitrogens with zero attached hydrogens (tertiary/aromatic N) is 1. The zero-order valence-electron chi connectivity index (χ0n) is 16.5. The minimum atomic E-state index is -1.07. The summed E-state index contributed by atoms with van der Waals surface area (Å²) in [7, 11) is 0. The van der Waals surface area contributed by atoms with Crippen LogP contribution in [0.5, 0.6) is 5.75 Å². The van der Waals surface area contributed by atoms with Crippen LogP contribution < -0.4 is 0 Å². The van der Waals surface area contributed by atoms with Gasteiger partial charge in [-0.3, -0.25) is 4.79 Å². The largest absolute Gasteiger partial charge is 0.508 e. The van der Waals surface area contributed by atoms with Crippen molar-refractivity contribution in [2.45, 2.75) is 0 Å². The van der Waals surface area contributed by atoms with Crippen LogP contribution in [-0.2, 0) is 0 Å². The third-order valence-corrected chi connectivity index (χ3v) is 7.15. The van der Waals surface area contributed by atoms with Gasteiger partial charge in [-0.1, -0.05) is 54.6 Å². The molecule has 5 aromatic rings. The van der Waals surface area contributed by atoms with E-state index >= 15 is 0 Å². The molecule has 7 heteroatoms. The fourth-order valence-electron chi connectivity index (χ4n) is 3.64. The quantitative estimate of drug-likeness (QED) is 0.301. The first kappa shape index (κ1) is 20.1. The summed E-state index contributed by atoms with van der Waals surface area (Å²) >= 11 is 2.62. The number of thiazole rings is 1. The van der Waals surface area contributed by atoms with Gasteiger partial charge >= 0.3 is 5.97 Å². The number of ketones is 1. The van der Waals surface area contributed by atoms with Crippen molar-refractivity contribution in [2.75, 3.05) is 0 Å². The van der Waals surface area contributed by atoms with E-state index in [1.807, 2.05) is 48.5 Å². The Bertz CT molecular complexity index is 1470. The Kier molecular flexibility index (Phi) is 5.05. The number of phenols is 1. The van der Waals surface area contributed by atoms with Crippen LogP contribution in [-0.4, -0.2) is 26.9 Å². The van der Waals surface area contributed by atoms with Crippen molar-refractivity contribution < 1.29 is 19.8 Å². The smallest absolute Gasteiger partial charge is 0.356 e. The average molecular weight is 458 g/mol. The Morgan fingerprint density at radius 2 is 1.59 bits per heavy atom. The molecule has 0 spiro atoms. The minimum absolute atomic E-state index is 0.0270. The SMILES string of the molecule is O=C(O)c1ncsc1-c1ccc(-c2c(C(=O)c3ccccc3)sc3cc(O)ccc23)cc1. The lowest BCUT2D eigenvalue weighted by molar-refractivity contribution is 0.0692. The van der Waals surface area contributed by atoms with Crippen molar-refractivity contribution in [1.82, 2.24) is 4.98 Å². The molecule has 0 radical (unpaired) electrons. The zero-order chi connectivity index (χ0) is 22.2. The standard InChI is InChI=1S/C25H15NO4S2/c27-17-10-11-18-19(12-17)32-24(22(28)15-4-2-1-3-5-15)20(18)14-6-8-16(9-7-14)23-21(25(29)30)26-13-31-23/h1-13,27H,(H,29,30). The van der Waals surface area contributed by atoms with Gasteiger partial charge in [-0.15, -0.1) is 22.7 Å². The van der Waals surface area contributed by atoms with Gasteiger partial charge in [-0.2, -0.15) is 0 Å². The Morgan fingerprint density at radius 3 is 2.31 bits per heavy atom. The molecule has 3 aromatic carbocycles. The maximum atomic E-state index is 13.3. The van der Waals surface area contributed by atoms with E-state index in [2.05, 4.69) is 4.98 Å². The number of hydrogen-bond acceptors (Lipinski definition) is 6. The summed E-state index contributed by atoms with van der Waals surface area (Å²) in [5.41, 5.74) is 4.53. The maximum Gasteiger partial charge on any atom is 0.356 e. The van der Waals surface area contributed by atoms with E-state index in [0.717, 1.165) is 26.8 Å². The summed E-state index contributed by atoms with van der Waals surface area (Å²) in [5, 5.41) is 20.2. The fraction of sp³-hybridized carbons (Fsp3) is 0. The van der Waals surface area contributed by atoms with Gasteiger partial charge in [0.1, 0.15) is 5.75 Å². The molecule has 0 bridgehead atoms. The first-order valence-electron chi connectivity index (χ1n) is 9.66. The van der Waals surface area contributed by atoms with Crippen LogP contribution >= 0.6 is 22.7 Å². The second-order valence-electron chi connectivity index (χ2n) is 7.09. The number of aromatic hydroxyl groups is 1. The molecule has 0 saturated heterocycles. The lowest BCUT2D eigenvalue weighted by Crippen LogP contribution is -2.00. The monoisotopic (exact) mass is 457 g/mol. The Balaban J connectivity index is 1.65. The second-order valence-corrected chi connectivity index (χ2v) is 9.00. The van der Waals surface area contributed by atoms with Gasteiger partial charge in [-0.25, -0.2) is 9.78 Å². The van der Waals surface area contributed by atoms with Gasteiger partial charge in [0.15, 0.2) is 5.69 Å². The summed E-state index contributed by atoms with van der Waals surface area (Å²) < 4.78 is 0.818. The number of hydrogen-bond donors (Lipinski definition) is 2. The topological polar surface area (TPSA) is 87.5 Å². The lowest BCUT2D eigenvalue weighted by Gasteiger charge is -2.07. The number of aromatic nitrogens is 1. The number of aromatic carboxylic acids is 1. The fourth-order valence-corrected chi connectivity index (χ4v) is 5.65. The number of carboxylic acid groups (broad SMARTS) is 1. The molecule has 2 N–H and O–H groups in total. The van der Waals surface area contributed by atoms with Gasteiger partial charge in [0.2, 0.25) is 5.78 Å². The number of fused-ring (bicyclic) bond motifs is 1. The highest BCUT2D eigenvalue weighted by Crippen LogP contribution is 2.42. The molecular weight excluding hydrogens is 442 g/mol. The van der Waals surface area contributed by atoms with Crippen LogP contribution in [0.4, 0.5) is 0 Å². The normalized spacial score (nSPS) is 11.0. The van der Waals surface area contributed by atoms with Crippen LogP contribution in [0.2, 0.25) is 0 Å². The van der Waals surface area contributed by atoms with Gasteiger partial charge < -0.3 is 10.2 Å². The Hall–Kier alpha value is -3.81. The number of rotatable bonds is 5. The van der Waals surface area contributed by atoms with Crippen LogP contribution in [0.1, 0.15) is 25.7 Å². The van der Waals surface area contributed by atoms with Crippen LogP contribution in [0.25, 0.3) is 31.7 Å². The Labute approximate surface area is 190 Å². The number of carbonyl (C=O) groups is 2. The first-order chi connectivity index (χ1) is 15.5. The predicted octanol–water partition coefficient (Wildman–Crippen LogP) is 6.33. The van der Waals surface area contributed by atoms with Gasteiger partial charge in [0.05, 0.1) is 15.3 Å². The minimum Gasteiger partial charge on any atom is -0.508 e. The molecule has 0 atom stereocenters. The van der Waals surface area contributed by atoms with Crippen LogP contribution in [0, 0.1) is 0 Å². The van der Waals surface area contributed by atoms with Crippen molar-refractivity contribution in [3.8, 4) is 27.3 Å². The molecule has 0 amide bonds. The molecular formula is C25H15NO4S2. The van der Waals surface area contributed by atoms with E-state index in [9.17, 15) is 19.8 Å². The zero-order valence-corrected chi connectivity index (χ0v) is 18.1. The maximum absolute atomic E-state index is 13.3. The molecule has 2 heterocycles. The molecule has 0 fully saturated rings. The van der Waals surface area contributed by atoms with Crippen molar-refractivity contribution in [1.29, 1.82) is 0 Å². The first-order valence-corrected chi connectivity index (χ1v) is 11.4. The number of thiophene rings is 1. The molecule has 2 aromatic heterocycles. The Morgan fingerprint density at radius 1 is 0.875 bits per heavy atom.